The van der Waals surface area contributed by atoms with E-state index in [1.807, 2.05) is 29.2 Å². The summed E-state index contributed by atoms with van der Waals surface area (Å²) >= 11 is 1.45. The van der Waals surface area contributed by atoms with Gasteiger partial charge in [0.15, 0.2) is 10.3 Å². The maximum atomic E-state index is 13.7. The van der Waals surface area contributed by atoms with Crippen LogP contribution in [-0.4, -0.2) is 60.6 Å². The minimum Gasteiger partial charge on any atom is -0.469 e. The molecule has 1 aliphatic carbocycles. The zero-order valence-electron chi connectivity index (χ0n) is 17.6. The lowest BCUT2D eigenvalue weighted by Crippen LogP contribution is -2.64. The van der Waals surface area contributed by atoms with Crippen LogP contribution in [0.1, 0.15) is 37.7 Å². The van der Waals surface area contributed by atoms with Crippen LogP contribution in [0.4, 0.5) is 5.69 Å². The van der Waals surface area contributed by atoms with E-state index in [-0.39, 0.29) is 17.7 Å². The molecule has 7 nitrogen and oxygen atoms in total. The largest absolute Gasteiger partial charge is 0.469 e. The molecule has 0 bridgehead atoms. The van der Waals surface area contributed by atoms with Crippen molar-refractivity contribution in [2.75, 3.05) is 33.1 Å². The van der Waals surface area contributed by atoms with Gasteiger partial charge >= 0.3 is 11.9 Å². The van der Waals surface area contributed by atoms with Gasteiger partial charge in [-0.25, -0.2) is 0 Å². The first kappa shape index (κ1) is 21.2. The van der Waals surface area contributed by atoms with Crippen molar-refractivity contribution in [1.29, 1.82) is 0 Å². The van der Waals surface area contributed by atoms with Crippen LogP contribution in [-0.2, 0) is 29.4 Å². The van der Waals surface area contributed by atoms with E-state index >= 15 is 0 Å². The Bertz CT molecular complexity index is 871. The lowest BCUT2D eigenvalue weighted by atomic mass is 9.74. The minimum atomic E-state index is -1.44. The van der Waals surface area contributed by atoms with E-state index in [1.165, 1.54) is 26.0 Å². The third-order valence-electron chi connectivity index (χ3n) is 6.83. The van der Waals surface area contributed by atoms with Gasteiger partial charge in [-0.3, -0.25) is 19.3 Å². The highest BCUT2D eigenvalue weighted by Crippen LogP contribution is 2.62. The van der Waals surface area contributed by atoms with Gasteiger partial charge in [-0.05, 0) is 26.0 Å². The number of likely N-dealkylation sites (tertiary alicyclic amines) is 1. The topological polar surface area (TPSA) is 84.9 Å². The van der Waals surface area contributed by atoms with Gasteiger partial charge in [-0.1, -0.05) is 37.5 Å². The fourth-order valence-corrected chi connectivity index (χ4v) is 7.69. The SMILES string of the molecule is COC(=O)[C@H]1CN(C)C2(C(=O)Nc3ccccc32)[C@]1(SC1CCCCC1)C(=O)OC. The van der Waals surface area contributed by atoms with E-state index in [0.29, 0.717) is 11.3 Å². The van der Waals surface area contributed by atoms with Crippen LogP contribution in [0.2, 0.25) is 0 Å². The van der Waals surface area contributed by atoms with Crippen molar-refractivity contribution in [2.45, 2.75) is 47.6 Å². The highest BCUT2D eigenvalue weighted by molar-refractivity contribution is 8.02. The van der Waals surface area contributed by atoms with Crippen molar-refractivity contribution in [3.63, 3.8) is 0 Å². The summed E-state index contributed by atoms with van der Waals surface area (Å²) in [6, 6.07) is 7.39. The molecule has 3 aliphatic rings. The molecule has 2 aliphatic heterocycles. The highest BCUT2D eigenvalue weighted by Gasteiger charge is 2.77. The standard InChI is InChI=1S/C22H28N2O5S/c1-24-13-16(18(25)28-2)22(20(27)29-3,30-14-9-5-4-6-10-14)21(24)15-11-7-8-12-17(15)23-19(21)26/h7-8,11-12,14,16H,4-6,9-10,13H2,1-3H3,(H,23,26)/t16-,21?,22-/m1/s1. The van der Waals surface area contributed by atoms with Gasteiger partial charge in [0, 0.05) is 23.0 Å². The molecule has 2 heterocycles. The van der Waals surface area contributed by atoms with Crippen molar-refractivity contribution in [2.24, 2.45) is 5.92 Å². The molecule has 2 fully saturated rings. The zero-order chi connectivity index (χ0) is 21.5. The summed E-state index contributed by atoms with van der Waals surface area (Å²) in [5.74, 6) is -2.18. The van der Waals surface area contributed by atoms with Gasteiger partial charge in [0.25, 0.3) is 5.91 Å². The molecule has 8 heteroatoms. The number of nitrogens with one attached hydrogen (secondary N) is 1. The molecule has 162 valence electrons. The molecule has 0 radical (unpaired) electrons. The van der Waals surface area contributed by atoms with Crippen molar-refractivity contribution in [3.8, 4) is 0 Å². The number of ether oxygens (including phenoxy) is 2. The molecular formula is C22H28N2O5S. The minimum absolute atomic E-state index is 0.161. The Hall–Kier alpha value is -2.06. The van der Waals surface area contributed by atoms with Crippen LogP contribution in [0.15, 0.2) is 24.3 Å². The predicted molar refractivity (Wildman–Crippen MR) is 114 cm³/mol. The fourth-order valence-electron chi connectivity index (χ4n) is 5.55. The van der Waals surface area contributed by atoms with E-state index in [0.717, 1.165) is 32.1 Å². The molecule has 1 saturated heterocycles. The van der Waals surface area contributed by atoms with E-state index in [1.54, 1.807) is 7.05 Å². The second kappa shape index (κ2) is 7.89. The highest BCUT2D eigenvalue weighted by atomic mass is 32.2. The number of rotatable bonds is 4. The molecule has 1 unspecified atom stereocenters. The Morgan fingerprint density at radius 2 is 1.83 bits per heavy atom. The summed E-state index contributed by atoms with van der Waals surface area (Å²) in [6.45, 7) is 0.225. The number of thioether (sulfide) groups is 1. The third-order valence-corrected chi connectivity index (χ3v) is 8.75. The number of benzene rings is 1. The summed E-state index contributed by atoms with van der Waals surface area (Å²) in [7, 11) is 4.44. The summed E-state index contributed by atoms with van der Waals surface area (Å²) in [4.78, 5) is 42.1. The van der Waals surface area contributed by atoms with E-state index in [2.05, 4.69) is 5.32 Å². The molecule has 1 aromatic carbocycles. The molecule has 4 rings (SSSR count). The number of nitrogens with zero attached hydrogens (tertiary/aromatic N) is 1. The van der Waals surface area contributed by atoms with E-state index < -0.39 is 28.1 Å². The van der Waals surface area contributed by atoms with Crippen LogP contribution in [0.5, 0.6) is 0 Å². The molecule has 1 spiro atoms. The number of carbonyl (C=O) groups is 3. The quantitative estimate of drug-likeness (QED) is 0.732. The molecule has 1 saturated carbocycles. The van der Waals surface area contributed by atoms with Crippen molar-refractivity contribution in [3.05, 3.63) is 29.8 Å². The summed E-state index contributed by atoms with van der Waals surface area (Å²) in [5.41, 5.74) is 0.0208. The molecule has 0 aromatic heterocycles. The molecular weight excluding hydrogens is 404 g/mol. The molecule has 1 N–H and O–H groups in total. The summed E-state index contributed by atoms with van der Waals surface area (Å²) in [6.07, 6.45) is 5.20. The smallest absolute Gasteiger partial charge is 0.325 e. The monoisotopic (exact) mass is 432 g/mol. The lowest BCUT2D eigenvalue weighted by Gasteiger charge is -2.45. The Kier molecular flexibility index (Phi) is 5.57. The first-order valence-corrected chi connectivity index (χ1v) is 11.3. The number of para-hydroxylation sites is 1. The van der Waals surface area contributed by atoms with Gasteiger partial charge in [0.1, 0.15) is 0 Å². The van der Waals surface area contributed by atoms with Crippen LogP contribution in [0.3, 0.4) is 0 Å². The maximum Gasteiger partial charge on any atom is 0.325 e. The molecule has 1 amide bonds. The maximum absolute atomic E-state index is 13.7. The number of amides is 1. The van der Waals surface area contributed by atoms with Gasteiger partial charge < -0.3 is 14.8 Å². The molecule has 1 aromatic rings. The Morgan fingerprint density at radius 1 is 1.13 bits per heavy atom. The average molecular weight is 433 g/mol. The van der Waals surface area contributed by atoms with Gasteiger partial charge in [-0.15, -0.1) is 11.8 Å². The fraction of sp³-hybridized carbons (Fsp3) is 0.591. The van der Waals surface area contributed by atoms with Crippen LogP contribution >= 0.6 is 11.8 Å². The number of hydrogen-bond donors (Lipinski definition) is 1. The second-order valence-corrected chi connectivity index (χ2v) is 9.82. The first-order chi connectivity index (χ1) is 14.4. The number of anilines is 1. The average Bonchev–Trinajstić information content (AvgIpc) is 3.22. The number of likely N-dealkylation sites (N-methyl/N-ethyl adjacent to an activating group) is 1. The van der Waals surface area contributed by atoms with E-state index in [9.17, 15) is 14.4 Å². The Labute approximate surface area is 180 Å². The third kappa shape index (κ3) is 2.73. The Morgan fingerprint density at radius 3 is 2.50 bits per heavy atom. The first-order valence-electron chi connectivity index (χ1n) is 10.4. The summed E-state index contributed by atoms with van der Waals surface area (Å²) in [5, 5.41) is 3.12. The van der Waals surface area contributed by atoms with Crippen LogP contribution in [0, 0.1) is 5.92 Å². The van der Waals surface area contributed by atoms with Gasteiger partial charge in [0.05, 0.1) is 20.1 Å². The predicted octanol–water partition coefficient (Wildman–Crippen LogP) is 2.55. The molecule has 30 heavy (non-hydrogen) atoms. The summed E-state index contributed by atoms with van der Waals surface area (Å²) < 4.78 is 9.02. The number of methoxy groups -OCH3 is 2. The Balaban J connectivity index is 1.97. The normalized spacial score (nSPS) is 31.4. The second-order valence-electron chi connectivity index (χ2n) is 8.27. The number of carbonyl (C=O) groups excluding carboxylic acids is 3. The van der Waals surface area contributed by atoms with Crippen LogP contribution in [0.25, 0.3) is 0 Å². The number of hydrogen-bond acceptors (Lipinski definition) is 7. The molecule has 3 atom stereocenters. The van der Waals surface area contributed by atoms with Crippen LogP contribution < -0.4 is 5.32 Å². The van der Waals surface area contributed by atoms with Crippen molar-refractivity contribution < 1.29 is 23.9 Å². The number of fused-ring (bicyclic) bond motifs is 2. The van der Waals surface area contributed by atoms with Crippen molar-refractivity contribution in [1.82, 2.24) is 4.90 Å². The van der Waals surface area contributed by atoms with Gasteiger partial charge in [-0.2, -0.15) is 0 Å². The van der Waals surface area contributed by atoms with Gasteiger partial charge in [0.2, 0.25) is 0 Å². The lowest BCUT2D eigenvalue weighted by molar-refractivity contribution is -0.156. The van der Waals surface area contributed by atoms with E-state index in [4.69, 9.17) is 9.47 Å². The van der Waals surface area contributed by atoms with Crippen molar-refractivity contribution >= 4 is 35.3 Å². The number of esters is 2. The zero-order valence-corrected chi connectivity index (χ0v) is 18.4.